The molecular formula is C21H25FN4O2. The van der Waals surface area contributed by atoms with Crippen molar-refractivity contribution < 1.29 is 14.0 Å². The first-order chi connectivity index (χ1) is 13.6. The number of benzene rings is 1. The minimum absolute atomic E-state index is 0.00701. The van der Waals surface area contributed by atoms with Crippen molar-refractivity contribution in [1.29, 1.82) is 0 Å². The Labute approximate surface area is 163 Å². The van der Waals surface area contributed by atoms with Crippen LogP contribution in [0.4, 0.5) is 4.39 Å². The Hall–Kier alpha value is -2.70. The summed E-state index contributed by atoms with van der Waals surface area (Å²) in [6.45, 7) is 0.170. The summed E-state index contributed by atoms with van der Waals surface area (Å²) in [6, 6.07) is 8.18. The van der Waals surface area contributed by atoms with Gasteiger partial charge in [0.1, 0.15) is 12.4 Å². The highest BCUT2D eigenvalue weighted by Gasteiger charge is 2.44. The van der Waals surface area contributed by atoms with Gasteiger partial charge in [-0.1, -0.05) is 18.6 Å². The number of fused-ring (bicyclic) bond motifs is 1. The van der Waals surface area contributed by atoms with Crippen LogP contribution in [-0.2, 0) is 22.6 Å². The van der Waals surface area contributed by atoms with Gasteiger partial charge < -0.3 is 10.2 Å². The molecule has 7 heteroatoms. The van der Waals surface area contributed by atoms with Crippen molar-refractivity contribution in [3.05, 3.63) is 54.1 Å². The maximum absolute atomic E-state index is 13.7. The molecule has 2 amide bonds. The second-order valence-electron chi connectivity index (χ2n) is 7.72. The van der Waals surface area contributed by atoms with Gasteiger partial charge in [-0.25, -0.2) is 4.39 Å². The Morgan fingerprint density at radius 3 is 2.96 bits per heavy atom. The summed E-state index contributed by atoms with van der Waals surface area (Å²) in [5, 5.41) is 7.27. The van der Waals surface area contributed by atoms with E-state index in [1.165, 1.54) is 12.1 Å². The van der Waals surface area contributed by atoms with E-state index in [4.69, 9.17) is 0 Å². The lowest BCUT2D eigenvalue weighted by Crippen LogP contribution is -2.49. The first-order valence-electron chi connectivity index (χ1n) is 9.92. The molecule has 1 N–H and O–H groups in total. The maximum atomic E-state index is 13.7. The zero-order valence-electron chi connectivity index (χ0n) is 15.8. The molecule has 2 aromatic rings. The number of aromatic nitrogens is 2. The molecule has 1 aromatic heterocycles. The maximum Gasteiger partial charge on any atom is 0.244 e. The lowest BCUT2D eigenvalue weighted by molar-refractivity contribution is -0.136. The Kier molecular flexibility index (Phi) is 5.41. The first-order valence-corrected chi connectivity index (χ1v) is 9.92. The minimum atomic E-state index is -0.274. The Bertz CT molecular complexity index is 839. The first kappa shape index (κ1) is 18.7. The molecule has 6 nitrogen and oxygen atoms in total. The van der Waals surface area contributed by atoms with E-state index in [1.807, 2.05) is 11.0 Å². The molecule has 0 radical (unpaired) electrons. The number of hydrogen-bond acceptors (Lipinski definition) is 3. The van der Waals surface area contributed by atoms with Crippen LogP contribution in [0, 0.1) is 5.82 Å². The van der Waals surface area contributed by atoms with Crippen molar-refractivity contribution in [2.75, 3.05) is 0 Å². The van der Waals surface area contributed by atoms with Crippen LogP contribution in [0.5, 0.6) is 0 Å². The Morgan fingerprint density at radius 2 is 2.18 bits per heavy atom. The average Bonchev–Trinajstić information content (AvgIpc) is 3.25. The summed E-state index contributed by atoms with van der Waals surface area (Å²) >= 11 is 0. The molecule has 3 atom stereocenters. The van der Waals surface area contributed by atoms with E-state index >= 15 is 0 Å². The molecule has 28 heavy (non-hydrogen) atoms. The summed E-state index contributed by atoms with van der Waals surface area (Å²) in [4.78, 5) is 27.3. The quantitative estimate of drug-likeness (QED) is 0.880. The van der Waals surface area contributed by atoms with Crippen molar-refractivity contribution >= 4 is 11.8 Å². The van der Waals surface area contributed by atoms with Gasteiger partial charge in [-0.2, -0.15) is 5.10 Å². The number of nitrogens with one attached hydrogen (secondary N) is 1. The fraction of sp³-hybridized carbons (Fsp3) is 0.476. The molecule has 0 spiro atoms. The van der Waals surface area contributed by atoms with Gasteiger partial charge in [0.05, 0.1) is 12.1 Å². The van der Waals surface area contributed by atoms with Gasteiger partial charge in [-0.15, -0.1) is 0 Å². The number of hydrogen-bond donors (Lipinski definition) is 1. The fourth-order valence-electron chi connectivity index (χ4n) is 4.56. The highest BCUT2D eigenvalue weighted by Crippen LogP contribution is 2.32. The molecule has 2 saturated heterocycles. The minimum Gasteiger partial charge on any atom is -0.351 e. The second-order valence-corrected chi connectivity index (χ2v) is 7.72. The number of likely N-dealkylation sites (tertiary alicyclic amines) is 1. The largest absolute Gasteiger partial charge is 0.351 e. The SMILES string of the molecule is O=C1CCCC[C@@H]2[C@H](C[C@@H](Cc3cccc(F)c3)N2C(=O)Cn2cccn2)N1. The van der Waals surface area contributed by atoms with Crippen molar-refractivity contribution in [3.8, 4) is 0 Å². The molecule has 2 aliphatic rings. The van der Waals surface area contributed by atoms with Gasteiger partial charge in [0.25, 0.3) is 0 Å². The van der Waals surface area contributed by atoms with E-state index in [0.717, 1.165) is 24.8 Å². The van der Waals surface area contributed by atoms with Crippen LogP contribution in [0.3, 0.4) is 0 Å². The molecular weight excluding hydrogens is 359 g/mol. The summed E-state index contributed by atoms with van der Waals surface area (Å²) in [7, 11) is 0. The zero-order chi connectivity index (χ0) is 19.5. The van der Waals surface area contributed by atoms with E-state index in [0.29, 0.717) is 19.3 Å². The predicted octanol–water partition coefficient (Wildman–Crippen LogP) is 2.29. The molecule has 1 aromatic carbocycles. The molecule has 148 valence electrons. The molecule has 2 fully saturated rings. The molecule has 3 heterocycles. The fourth-order valence-corrected chi connectivity index (χ4v) is 4.56. The van der Waals surface area contributed by atoms with Crippen molar-refractivity contribution in [2.24, 2.45) is 0 Å². The lowest BCUT2D eigenvalue weighted by Gasteiger charge is -2.33. The third kappa shape index (κ3) is 4.08. The third-order valence-electron chi connectivity index (χ3n) is 5.75. The smallest absolute Gasteiger partial charge is 0.244 e. The number of halogens is 1. The molecule has 0 bridgehead atoms. The van der Waals surface area contributed by atoms with E-state index in [9.17, 15) is 14.0 Å². The van der Waals surface area contributed by atoms with Crippen LogP contribution in [0.15, 0.2) is 42.7 Å². The number of rotatable bonds is 4. The normalized spacial score (nSPS) is 25.0. The van der Waals surface area contributed by atoms with Crippen LogP contribution in [0.1, 0.15) is 37.7 Å². The van der Waals surface area contributed by atoms with Crippen molar-refractivity contribution in [1.82, 2.24) is 20.0 Å². The summed E-state index contributed by atoms with van der Waals surface area (Å²) in [5.41, 5.74) is 0.863. The number of carbonyl (C=O) groups is 2. The number of carbonyl (C=O) groups excluding carboxylic acids is 2. The van der Waals surface area contributed by atoms with E-state index in [1.54, 1.807) is 29.2 Å². The molecule has 2 aliphatic heterocycles. The molecule has 0 aliphatic carbocycles. The Balaban J connectivity index is 1.59. The van der Waals surface area contributed by atoms with Gasteiger partial charge in [0, 0.05) is 24.9 Å². The summed E-state index contributed by atoms with van der Waals surface area (Å²) in [5.74, 6) is -0.225. The van der Waals surface area contributed by atoms with E-state index < -0.39 is 0 Å². The van der Waals surface area contributed by atoms with Gasteiger partial charge in [-0.05, 0) is 49.4 Å². The lowest BCUT2D eigenvalue weighted by atomic mass is 9.97. The highest BCUT2D eigenvalue weighted by atomic mass is 19.1. The second kappa shape index (κ2) is 8.12. The third-order valence-corrected chi connectivity index (χ3v) is 5.75. The highest BCUT2D eigenvalue weighted by molar-refractivity contribution is 5.79. The van der Waals surface area contributed by atoms with Gasteiger partial charge in [-0.3, -0.25) is 14.3 Å². The standard InChI is InChI=1S/C21H25FN4O2/c22-16-6-3-5-15(11-16)12-17-13-18-19(7-1-2-8-20(27)24-18)26(17)21(28)14-25-10-4-9-23-25/h3-6,9-11,17-19H,1-2,7-8,12-14H2,(H,24,27)/t17-,18+,19-/m1/s1. The monoisotopic (exact) mass is 384 g/mol. The van der Waals surface area contributed by atoms with E-state index in [-0.39, 0.29) is 42.3 Å². The molecule has 0 unspecified atom stereocenters. The topological polar surface area (TPSA) is 67.2 Å². The van der Waals surface area contributed by atoms with Gasteiger partial charge in [0.15, 0.2) is 0 Å². The van der Waals surface area contributed by atoms with Crippen LogP contribution >= 0.6 is 0 Å². The summed E-state index contributed by atoms with van der Waals surface area (Å²) < 4.78 is 15.3. The summed E-state index contributed by atoms with van der Waals surface area (Å²) in [6.07, 6.45) is 7.86. The van der Waals surface area contributed by atoms with Gasteiger partial charge >= 0.3 is 0 Å². The Morgan fingerprint density at radius 1 is 1.29 bits per heavy atom. The van der Waals surface area contributed by atoms with E-state index in [2.05, 4.69) is 10.4 Å². The van der Waals surface area contributed by atoms with Crippen LogP contribution in [0.2, 0.25) is 0 Å². The average molecular weight is 384 g/mol. The van der Waals surface area contributed by atoms with Gasteiger partial charge in [0.2, 0.25) is 11.8 Å². The van der Waals surface area contributed by atoms with Crippen LogP contribution in [-0.4, -0.2) is 44.6 Å². The van der Waals surface area contributed by atoms with Crippen molar-refractivity contribution in [3.63, 3.8) is 0 Å². The van der Waals surface area contributed by atoms with Crippen LogP contribution < -0.4 is 5.32 Å². The van der Waals surface area contributed by atoms with Crippen molar-refractivity contribution in [2.45, 2.75) is 63.2 Å². The number of amides is 2. The van der Waals surface area contributed by atoms with Crippen LogP contribution in [0.25, 0.3) is 0 Å². The molecule has 4 rings (SSSR count). The zero-order valence-corrected chi connectivity index (χ0v) is 15.8. The molecule has 0 saturated carbocycles. The predicted molar refractivity (Wildman–Crippen MR) is 102 cm³/mol. The number of nitrogens with zero attached hydrogens (tertiary/aromatic N) is 3.